The molecular formula is C15H26N2. The zero-order valence-corrected chi connectivity index (χ0v) is 11.7. The molecule has 2 heteroatoms. The van der Waals surface area contributed by atoms with Crippen molar-refractivity contribution in [1.82, 2.24) is 4.90 Å². The van der Waals surface area contributed by atoms with E-state index >= 15 is 0 Å². The van der Waals surface area contributed by atoms with Crippen molar-refractivity contribution in [2.75, 3.05) is 19.6 Å². The molecule has 96 valence electrons. The van der Waals surface area contributed by atoms with Crippen LogP contribution in [0.1, 0.15) is 43.0 Å². The van der Waals surface area contributed by atoms with Crippen molar-refractivity contribution < 1.29 is 0 Å². The van der Waals surface area contributed by atoms with E-state index in [0.29, 0.717) is 0 Å². The smallest absolute Gasteiger partial charge is 0.0426 e. The normalized spacial score (nSPS) is 13.1. The van der Waals surface area contributed by atoms with Crippen LogP contribution >= 0.6 is 0 Å². The zero-order chi connectivity index (χ0) is 12.8. The van der Waals surface area contributed by atoms with Gasteiger partial charge in [0.15, 0.2) is 0 Å². The van der Waals surface area contributed by atoms with Gasteiger partial charge in [0, 0.05) is 12.6 Å². The molecule has 0 aromatic heterocycles. The van der Waals surface area contributed by atoms with E-state index in [0.717, 1.165) is 19.6 Å². The van der Waals surface area contributed by atoms with Crippen LogP contribution in [0, 0.1) is 13.8 Å². The molecule has 1 atom stereocenters. The van der Waals surface area contributed by atoms with E-state index in [9.17, 15) is 0 Å². The quantitative estimate of drug-likeness (QED) is 0.819. The molecule has 0 radical (unpaired) electrons. The molecule has 0 fully saturated rings. The van der Waals surface area contributed by atoms with Gasteiger partial charge in [0.1, 0.15) is 0 Å². The predicted molar refractivity (Wildman–Crippen MR) is 75.2 cm³/mol. The van der Waals surface area contributed by atoms with Crippen LogP contribution in [0.4, 0.5) is 0 Å². The Morgan fingerprint density at radius 1 is 1.24 bits per heavy atom. The van der Waals surface area contributed by atoms with Crippen molar-refractivity contribution >= 4 is 0 Å². The number of hydrogen-bond acceptors (Lipinski definition) is 2. The van der Waals surface area contributed by atoms with E-state index < -0.39 is 0 Å². The van der Waals surface area contributed by atoms with E-state index in [1.165, 1.54) is 23.1 Å². The first kappa shape index (κ1) is 14.2. The predicted octanol–water partition coefficient (Wildman–Crippen LogP) is 3.04. The molecule has 0 bridgehead atoms. The van der Waals surface area contributed by atoms with Crippen molar-refractivity contribution in [1.29, 1.82) is 0 Å². The Hall–Kier alpha value is -0.860. The maximum atomic E-state index is 6.31. The minimum absolute atomic E-state index is 0.127. The number of rotatable bonds is 6. The van der Waals surface area contributed by atoms with Gasteiger partial charge in [0.05, 0.1) is 0 Å². The van der Waals surface area contributed by atoms with Gasteiger partial charge in [-0.1, -0.05) is 37.6 Å². The molecule has 2 nitrogen and oxygen atoms in total. The maximum Gasteiger partial charge on any atom is 0.0426 e. The lowest BCUT2D eigenvalue weighted by molar-refractivity contribution is 0.271. The highest BCUT2D eigenvalue weighted by Crippen LogP contribution is 2.18. The third kappa shape index (κ3) is 4.14. The van der Waals surface area contributed by atoms with Gasteiger partial charge in [0.2, 0.25) is 0 Å². The SMILES string of the molecule is CCCN(CC)CC(N)c1ccc(C)cc1C. The van der Waals surface area contributed by atoms with Gasteiger partial charge in [-0.2, -0.15) is 0 Å². The molecule has 0 amide bonds. The van der Waals surface area contributed by atoms with Gasteiger partial charge in [-0.25, -0.2) is 0 Å². The van der Waals surface area contributed by atoms with Crippen LogP contribution in [0.5, 0.6) is 0 Å². The van der Waals surface area contributed by atoms with Crippen molar-refractivity contribution in [3.8, 4) is 0 Å². The van der Waals surface area contributed by atoms with E-state index in [4.69, 9.17) is 5.73 Å². The number of likely N-dealkylation sites (N-methyl/N-ethyl adjacent to an activating group) is 1. The molecule has 0 aliphatic carbocycles. The highest BCUT2D eigenvalue weighted by Gasteiger charge is 2.12. The molecule has 17 heavy (non-hydrogen) atoms. The molecule has 0 spiro atoms. The van der Waals surface area contributed by atoms with Crippen molar-refractivity contribution in [3.63, 3.8) is 0 Å². The summed E-state index contributed by atoms with van der Waals surface area (Å²) in [5.41, 5.74) is 10.2. The number of benzene rings is 1. The Kier molecular flexibility index (Phi) is 5.66. The van der Waals surface area contributed by atoms with E-state index in [2.05, 4.69) is 50.8 Å². The maximum absolute atomic E-state index is 6.31. The van der Waals surface area contributed by atoms with Crippen LogP contribution in [0.3, 0.4) is 0 Å². The second-order valence-corrected chi connectivity index (χ2v) is 4.86. The number of hydrogen-bond donors (Lipinski definition) is 1. The molecule has 1 rings (SSSR count). The molecule has 0 aliphatic heterocycles. The summed E-state index contributed by atoms with van der Waals surface area (Å²) in [5.74, 6) is 0. The lowest BCUT2D eigenvalue weighted by atomic mass is 9.99. The summed E-state index contributed by atoms with van der Waals surface area (Å²) in [6.07, 6.45) is 1.19. The van der Waals surface area contributed by atoms with Crippen LogP contribution < -0.4 is 5.73 Å². The van der Waals surface area contributed by atoms with Gasteiger partial charge in [-0.3, -0.25) is 0 Å². The Morgan fingerprint density at radius 3 is 2.47 bits per heavy atom. The van der Waals surface area contributed by atoms with Crippen molar-refractivity contribution in [2.24, 2.45) is 5.73 Å². The van der Waals surface area contributed by atoms with Crippen molar-refractivity contribution in [3.05, 3.63) is 34.9 Å². The van der Waals surface area contributed by atoms with Crippen LogP contribution in [0.15, 0.2) is 18.2 Å². The molecule has 0 saturated heterocycles. The highest BCUT2D eigenvalue weighted by atomic mass is 15.1. The number of nitrogens with zero attached hydrogens (tertiary/aromatic N) is 1. The monoisotopic (exact) mass is 234 g/mol. The standard InChI is InChI=1S/C15H26N2/c1-5-9-17(6-2)11-15(16)14-8-7-12(3)10-13(14)4/h7-8,10,15H,5-6,9,11,16H2,1-4H3. The summed E-state index contributed by atoms with van der Waals surface area (Å²) in [6.45, 7) is 11.8. The van der Waals surface area contributed by atoms with Gasteiger partial charge in [-0.15, -0.1) is 0 Å². The lowest BCUT2D eigenvalue weighted by Gasteiger charge is -2.25. The summed E-state index contributed by atoms with van der Waals surface area (Å²) in [4.78, 5) is 2.42. The van der Waals surface area contributed by atoms with Crippen molar-refractivity contribution in [2.45, 2.75) is 40.2 Å². The third-order valence-corrected chi connectivity index (χ3v) is 3.27. The summed E-state index contributed by atoms with van der Waals surface area (Å²) >= 11 is 0. The van der Waals surface area contributed by atoms with Crippen LogP contribution in [-0.2, 0) is 0 Å². The van der Waals surface area contributed by atoms with E-state index in [1.54, 1.807) is 0 Å². The molecular weight excluding hydrogens is 208 g/mol. The Balaban J connectivity index is 2.71. The molecule has 1 aromatic rings. The average molecular weight is 234 g/mol. The first-order valence-electron chi connectivity index (χ1n) is 6.63. The minimum atomic E-state index is 0.127. The second kappa shape index (κ2) is 6.77. The second-order valence-electron chi connectivity index (χ2n) is 4.86. The van der Waals surface area contributed by atoms with Gasteiger partial charge < -0.3 is 10.6 Å². The Morgan fingerprint density at radius 2 is 1.94 bits per heavy atom. The molecule has 1 unspecified atom stereocenters. The largest absolute Gasteiger partial charge is 0.323 e. The third-order valence-electron chi connectivity index (χ3n) is 3.27. The average Bonchev–Trinajstić information content (AvgIpc) is 2.28. The van der Waals surface area contributed by atoms with Gasteiger partial charge >= 0.3 is 0 Å². The molecule has 0 saturated carbocycles. The van der Waals surface area contributed by atoms with E-state index in [-0.39, 0.29) is 6.04 Å². The summed E-state index contributed by atoms with van der Waals surface area (Å²) in [6, 6.07) is 6.67. The fourth-order valence-corrected chi connectivity index (χ4v) is 2.31. The van der Waals surface area contributed by atoms with Crippen LogP contribution in [0.25, 0.3) is 0 Å². The fraction of sp³-hybridized carbons (Fsp3) is 0.600. The zero-order valence-electron chi connectivity index (χ0n) is 11.7. The number of aryl methyl sites for hydroxylation is 2. The first-order valence-corrected chi connectivity index (χ1v) is 6.63. The molecule has 0 aliphatic rings. The van der Waals surface area contributed by atoms with Gasteiger partial charge in [0.25, 0.3) is 0 Å². The fourth-order valence-electron chi connectivity index (χ4n) is 2.31. The summed E-state index contributed by atoms with van der Waals surface area (Å²) in [5, 5.41) is 0. The van der Waals surface area contributed by atoms with E-state index in [1.807, 2.05) is 0 Å². The Labute approximate surface area is 106 Å². The molecule has 2 N–H and O–H groups in total. The highest BCUT2D eigenvalue weighted by molar-refractivity contribution is 5.32. The summed E-state index contributed by atoms with van der Waals surface area (Å²) < 4.78 is 0. The molecule has 1 aromatic carbocycles. The first-order chi connectivity index (χ1) is 8.08. The van der Waals surface area contributed by atoms with Crippen LogP contribution in [-0.4, -0.2) is 24.5 Å². The lowest BCUT2D eigenvalue weighted by Crippen LogP contribution is -2.33. The summed E-state index contributed by atoms with van der Waals surface area (Å²) in [7, 11) is 0. The minimum Gasteiger partial charge on any atom is -0.323 e. The molecule has 0 heterocycles. The van der Waals surface area contributed by atoms with Gasteiger partial charge in [-0.05, 0) is 44.5 Å². The number of nitrogens with two attached hydrogens (primary N) is 1. The topological polar surface area (TPSA) is 29.3 Å². The van der Waals surface area contributed by atoms with Crippen LogP contribution in [0.2, 0.25) is 0 Å². The Bertz CT molecular complexity index is 347.